The third-order valence-corrected chi connectivity index (χ3v) is 10.9. The Morgan fingerprint density at radius 1 is 0.385 bits per heavy atom. The van der Waals surface area contributed by atoms with Crippen molar-refractivity contribution in [3.05, 3.63) is 210 Å². The van der Waals surface area contributed by atoms with Gasteiger partial charge in [-0.25, -0.2) is 0 Å². The van der Waals surface area contributed by atoms with Gasteiger partial charge in [0.2, 0.25) is 0 Å². The molecular weight excluding hydrogens is 635 g/mol. The Bertz CT molecular complexity index is 2840. The van der Waals surface area contributed by atoms with E-state index >= 15 is 0 Å². The van der Waals surface area contributed by atoms with Crippen LogP contribution in [0.4, 0.5) is 0 Å². The van der Waals surface area contributed by atoms with E-state index in [0.717, 1.165) is 78.7 Å². The lowest BCUT2D eigenvalue weighted by molar-refractivity contribution is 0.401. The molecule has 0 N–H and O–H groups in total. The van der Waals surface area contributed by atoms with Crippen LogP contribution in [-0.2, 0) is 5.41 Å². The fourth-order valence-electron chi connectivity index (χ4n) is 8.82. The standard InChI is InChI=1S/C49H31NO2/c1-3-15-32(16-4-1)35-20-14-28-46-47(35)49(39-22-8-11-26-44(39)51-46)40-23-9-12-27-45(40)52-48-36(21-13-24-41(48)49)33-29-30-38-37-19-7-10-25-42(37)50(43(38)31-33)34-17-5-2-6-18-34/h1-31H. The van der Waals surface area contributed by atoms with Crippen molar-refractivity contribution in [3.8, 4) is 50.9 Å². The van der Waals surface area contributed by atoms with Gasteiger partial charge in [0.1, 0.15) is 23.0 Å². The Kier molecular flexibility index (Phi) is 6.17. The first-order chi connectivity index (χ1) is 25.8. The van der Waals surface area contributed by atoms with Crippen LogP contribution in [0.1, 0.15) is 22.3 Å². The fraction of sp³-hybridized carbons (Fsp3) is 0.0204. The van der Waals surface area contributed by atoms with Gasteiger partial charge in [-0.2, -0.15) is 0 Å². The molecule has 3 nitrogen and oxygen atoms in total. The summed E-state index contributed by atoms with van der Waals surface area (Å²) < 4.78 is 16.3. The molecule has 0 saturated carbocycles. The molecule has 1 aromatic heterocycles. The Morgan fingerprint density at radius 3 is 1.79 bits per heavy atom. The van der Waals surface area contributed by atoms with E-state index in [2.05, 4.69) is 193 Å². The predicted octanol–water partition coefficient (Wildman–Crippen LogP) is 12.7. The van der Waals surface area contributed by atoms with Gasteiger partial charge in [-0.05, 0) is 59.2 Å². The number of benzene rings is 8. The van der Waals surface area contributed by atoms with Gasteiger partial charge in [0, 0.05) is 44.3 Å². The number of nitrogens with zero attached hydrogens (tertiary/aromatic N) is 1. The summed E-state index contributed by atoms with van der Waals surface area (Å²) in [6.45, 7) is 0. The van der Waals surface area contributed by atoms with E-state index in [1.165, 1.54) is 16.3 Å². The van der Waals surface area contributed by atoms with E-state index < -0.39 is 5.41 Å². The van der Waals surface area contributed by atoms with Crippen LogP contribution in [0.2, 0.25) is 0 Å². The molecule has 244 valence electrons. The molecule has 0 saturated heterocycles. The molecule has 0 radical (unpaired) electrons. The highest BCUT2D eigenvalue weighted by atomic mass is 16.5. The van der Waals surface area contributed by atoms with Crippen molar-refractivity contribution in [2.24, 2.45) is 0 Å². The second-order valence-corrected chi connectivity index (χ2v) is 13.6. The van der Waals surface area contributed by atoms with Gasteiger partial charge >= 0.3 is 0 Å². The van der Waals surface area contributed by atoms with E-state index in [9.17, 15) is 0 Å². The van der Waals surface area contributed by atoms with E-state index in [-0.39, 0.29) is 0 Å². The summed E-state index contributed by atoms with van der Waals surface area (Å²) in [5.41, 5.74) is 11.6. The fourth-order valence-corrected chi connectivity index (χ4v) is 8.82. The zero-order chi connectivity index (χ0) is 34.2. The van der Waals surface area contributed by atoms with Crippen LogP contribution in [0, 0.1) is 0 Å². The van der Waals surface area contributed by atoms with Crippen molar-refractivity contribution in [2.75, 3.05) is 0 Å². The summed E-state index contributed by atoms with van der Waals surface area (Å²) >= 11 is 0. The lowest BCUT2D eigenvalue weighted by atomic mass is 9.60. The lowest BCUT2D eigenvalue weighted by Gasteiger charge is -2.46. The van der Waals surface area contributed by atoms with Crippen molar-refractivity contribution in [1.82, 2.24) is 4.57 Å². The molecule has 1 spiro atoms. The minimum atomic E-state index is -0.722. The third-order valence-electron chi connectivity index (χ3n) is 10.9. The van der Waals surface area contributed by atoms with Gasteiger partial charge in [0.05, 0.1) is 16.4 Å². The predicted molar refractivity (Wildman–Crippen MR) is 210 cm³/mol. The molecule has 2 aliphatic rings. The molecule has 0 fully saturated rings. The van der Waals surface area contributed by atoms with Crippen LogP contribution in [0.25, 0.3) is 49.7 Å². The molecule has 0 amide bonds. The van der Waals surface area contributed by atoms with Gasteiger partial charge in [-0.15, -0.1) is 0 Å². The minimum Gasteiger partial charge on any atom is -0.457 e. The normalized spacial score (nSPS) is 15.3. The van der Waals surface area contributed by atoms with Gasteiger partial charge in [0.25, 0.3) is 0 Å². The number of hydrogen-bond acceptors (Lipinski definition) is 2. The van der Waals surface area contributed by atoms with Crippen LogP contribution in [0.5, 0.6) is 23.0 Å². The van der Waals surface area contributed by atoms with E-state index in [4.69, 9.17) is 9.47 Å². The smallest absolute Gasteiger partial charge is 0.140 e. The van der Waals surface area contributed by atoms with Crippen molar-refractivity contribution in [2.45, 2.75) is 5.41 Å². The zero-order valence-electron chi connectivity index (χ0n) is 28.2. The molecule has 1 atom stereocenters. The summed E-state index contributed by atoms with van der Waals surface area (Å²) in [5, 5.41) is 2.45. The summed E-state index contributed by atoms with van der Waals surface area (Å²) in [4.78, 5) is 0. The maximum Gasteiger partial charge on any atom is 0.140 e. The molecule has 2 aliphatic heterocycles. The molecule has 9 aromatic rings. The highest BCUT2D eigenvalue weighted by Crippen LogP contribution is 2.64. The maximum atomic E-state index is 7.10. The molecule has 0 bridgehead atoms. The third kappa shape index (κ3) is 3.96. The number of fused-ring (bicyclic) bond motifs is 11. The van der Waals surface area contributed by atoms with Crippen LogP contribution in [0.3, 0.4) is 0 Å². The SMILES string of the molecule is c1ccc(-c2cccc3c2C2(c4ccccc4O3)c3ccccc3Oc3c(-c4ccc5c6ccccc6n(-c6ccccc6)c5c4)cccc32)cc1. The highest BCUT2D eigenvalue weighted by molar-refractivity contribution is 6.10. The van der Waals surface area contributed by atoms with Crippen molar-refractivity contribution in [1.29, 1.82) is 0 Å². The number of para-hydroxylation sites is 5. The Labute approximate surface area is 301 Å². The second kappa shape index (κ2) is 11.1. The van der Waals surface area contributed by atoms with E-state index in [1.807, 2.05) is 0 Å². The van der Waals surface area contributed by atoms with Crippen LogP contribution in [-0.4, -0.2) is 4.57 Å². The number of ether oxygens (including phenoxy) is 2. The first-order valence-electron chi connectivity index (χ1n) is 17.8. The zero-order valence-corrected chi connectivity index (χ0v) is 28.2. The number of rotatable bonds is 3. The lowest BCUT2D eigenvalue weighted by Crippen LogP contribution is -2.37. The number of hydrogen-bond donors (Lipinski definition) is 0. The Balaban J connectivity index is 1.24. The summed E-state index contributed by atoms with van der Waals surface area (Å²) in [6.07, 6.45) is 0. The van der Waals surface area contributed by atoms with Crippen LogP contribution in [0.15, 0.2) is 188 Å². The first kappa shape index (κ1) is 28.9. The number of aromatic nitrogens is 1. The van der Waals surface area contributed by atoms with Crippen molar-refractivity contribution < 1.29 is 9.47 Å². The molecule has 0 aliphatic carbocycles. The van der Waals surface area contributed by atoms with Gasteiger partial charge in [-0.3, -0.25) is 0 Å². The minimum absolute atomic E-state index is 0.722. The quantitative estimate of drug-likeness (QED) is 0.187. The summed E-state index contributed by atoms with van der Waals surface area (Å²) in [5.74, 6) is 3.39. The Morgan fingerprint density at radius 2 is 0.981 bits per heavy atom. The average molecular weight is 666 g/mol. The van der Waals surface area contributed by atoms with E-state index in [1.54, 1.807) is 0 Å². The molecule has 1 unspecified atom stereocenters. The maximum absolute atomic E-state index is 7.10. The van der Waals surface area contributed by atoms with Gasteiger partial charge < -0.3 is 14.0 Å². The van der Waals surface area contributed by atoms with Crippen LogP contribution >= 0.6 is 0 Å². The summed E-state index contributed by atoms with van der Waals surface area (Å²) in [7, 11) is 0. The molecular formula is C49H31NO2. The molecule has 3 heterocycles. The first-order valence-corrected chi connectivity index (χ1v) is 17.8. The van der Waals surface area contributed by atoms with Crippen LogP contribution < -0.4 is 9.47 Å². The van der Waals surface area contributed by atoms with Crippen molar-refractivity contribution in [3.63, 3.8) is 0 Å². The Hall–Kier alpha value is -6.84. The van der Waals surface area contributed by atoms with E-state index in [0.29, 0.717) is 0 Å². The second-order valence-electron chi connectivity index (χ2n) is 13.6. The largest absolute Gasteiger partial charge is 0.457 e. The summed E-state index contributed by atoms with van der Waals surface area (Å²) in [6, 6.07) is 66.9. The monoisotopic (exact) mass is 665 g/mol. The molecule has 8 aromatic carbocycles. The highest BCUT2D eigenvalue weighted by Gasteiger charge is 2.52. The van der Waals surface area contributed by atoms with Gasteiger partial charge in [0.15, 0.2) is 0 Å². The topological polar surface area (TPSA) is 23.4 Å². The average Bonchev–Trinajstić information content (AvgIpc) is 3.54. The molecule has 52 heavy (non-hydrogen) atoms. The van der Waals surface area contributed by atoms with Gasteiger partial charge in [-0.1, -0.05) is 146 Å². The van der Waals surface area contributed by atoms with Crippen molar-refractivity contribution >= 4 is 21.8 Å². The molecule has 3 heteroatoms. The molecule has 11 rings (SSSR count).